The molecule has 0 bridgehead atoms. The second kappa shape index (κ2) is 6.11. The summed E-state index contributed by atoms with van der Waals surface area (Å²) < 4.78 is 5.31. The van der Waals surface area contributed by atoms with E-state index in [-0.39, 0.29) is 0 Å². The quantitative estimate of drug-likeness (QED) is 0.800. The molecule has 3 heteroatoms. The molecule has 0 spiro atoms. The van der Waals surface area contributed by atoms with Gasteiger partial charge in [-0.1, -0.05) is 20.8 Å². The predicted octanol–water partition coefficient (Wildman–Crippen LogP) is 2.37. The zero-order chi connectivity index (χ0) is 14.0. The Labute approximate surface area is 119 Å². The third-order valence-electron chi connectivity index (χ3n) is 4.96. The summed E-state index contributed by atoms with van der Waals surface area (Å²) in [6.45, 7) is 13.8. The summed E-state index contributed by atoms with van der Waals surface area (Å²) in [7, 11) is 1.81. The summed E-state index contributed by atoms with van der Waals surface area (Å²) in [4.78, 5) is 2.73. The summed E-state index contributed by atoms with van der Waals surface area (Å²) in [6, 6.07) is 0.672. The van der Waals surface area contributed by atoms with Crippen molar-refractivity contribution < 1.29 is 4.74 Å². The molecule has 112 valence electrons. The molecule has 1 heterocycles. The minimum absolute atomic E-state index is 0.345. The van der Waals surface area contributed by atoms with Gasteiger partial charge in [0.1, 0.15) is 0 Å². The van der Waals surface area contributed by atoms with Gasteiger partial charge in [0.25, 0.3) is 0 Å². The van der Waals surface area contributed by atoms with Gasteiger partial charge in [-0.05, 0) is 37.5 Å². The van der Waals surface area contributed by atoms with E-state index in [1.807, 2.05) is 7.11 Å². The van der Waals surface area contributed by atoms with Gasteiger partial charge < -0.3 is 10.1 Å². The first-order valence-corrected chi connectivity index (χ1v) is 7.94. The third kappa shape index (κ3) is 3.71. The predicted molar refractivity (Wildman–Crippen MR) is 80.4 cm³/mol. The second-order valence-electron chi connectivity index (χ2n) is 7.37. The smallest absolute Gasteiger partial charge is 0.0500 e. The van der Waals surface area contributed by atoms with Crippen LogP contribution in [-0.2, 0) is 4.74 Å². The summed E-state index contributed by atoms with van der Waals surface area (Å²) in [6.07, 6.45) is 2.83. The summed E-state index contributed by atoms with van der Waals surface area (Å²) in [5, 5.41) is 3.85. The van der Waals surface area contributed by atoms with E-state index in [2.05, 4.69) is 37.9 Å². The van der Waals surface area contributed by atoms with Gasteiger partial charge in [-0.25, -0.2) is 0 Å². The van der Waals surface area contributed by atoms with Gasteiger partial charge in [-0.2, -0.15) is 0 Å². The highest BCUT2D eigenvalue weighted by Gasteiger charge is 2.46. The minimum atomic E-state index is 0.345. The van der Waals surface area contributed by atoms with Crippen LogP contribution >= 0.6 is 0 Å². The average Bonchev–Trinajstić information content (AvgIpc) is 3.12. The van der Waals surface area contributed by atoms with Crippen LogP contribution in [-0.4, -0.2) is 49.8 Å². The van der Waals surface area contributed by atoms with Gasteiger partial charge in [0.15, 0.2) is 0 Å². The second-order valence-corrected chi connectivity index (χ2v) is 7.37. The lowest BCUT2D eigenvalue weighted by Crippen LogP contribution is -2.65. The van der Waals surface area contributed by atoms with Crippen LogP contribution in [0.3, 0.4) is 0 Å². The van der Waals surface area contributed by atoms with Crippen LogP contribution in [0.25, 0.3) is 0 Å². The van der Waals surface area contributed by atoms with Gasteiger partial charge in [-0.3, -0.25) is 4.90 Å². The van der Waals surface area contributed by atoms with Gasteiger partial charge in [0, 0.05) is 44.9 Å². The number of rotatable bonds is 6. The minimum Gasteiger partial charge on any atom is -0.384 e. The van der Waals surface area contributed by atoms with Crippen molar-refractivity contribution in [3.63, 3.8) is 0 Å². The number of hydrogen-bond acceptors (Lipinski definition) is 3. The lowest BCUT2D eigenvalue weighted by Gasteiger charge is -2.49. The maximum atomic E-state index is 5.31. The van der Waals surface area contributed by atoms with E-state index in [0.29, 0.717) is 23.4 Å². The van der Waals surface area contributed by atoms with Gasteiger partial charge in [0.05, 0.1) is 0 Å². The average molecular weight is 268 g/mol. The van der Waals surface area contributed by atoms with Gasteiger partial charge >= 0.3 is 0 Å². The molecule has 3 nitrogen and oxygen atoms in total. The number of methoxy groups -OCH3 is 1. The summed E-state index contributed by atoms with van der Waals surface area (Å²) in [5.74, 6) is 2.24. The normalized spacial score (nSPS) is 34.7. The Bertz CT molecular complexity index is 290. The molecule has 3 unspecified atom stereocenters. The van der Waals surface area contributed by atoms with Crippen LogP contribution in [0.1, 0.15) is 40.5 Å². The fraction of sp³-hybridized carbons (Fsp3) is 1.00. The zero-order valence-corrected chi connectivity index (χ0v) is 13.4. The molecule has 2 aliphatic rings. The van der Waals surface area contributed by atoms with Crippen molar-refractivity contribution in [3.05, 3.63) is 0 Å². The zero-order valence-electron chi connectivity index (χ0n) is 13.4. The molecule has 2 fully saturated rings. The molecule has 1 aliphatic carbocycles. The fourth-order valence-corrected chi connectivity index (χ4v) is 3.65. The van der Waals surface area contributed by atoms with Crippen molar-refractivity contribution in [2.24, 2.45) is 17.8 Å². The highest BCUT2D eigenvalue weighted by molar-refractivity contribution is 5.04. The van der Waals surface area contributed by atoms with Crippen LogP contribution in [0.4, 0.5) is 0 Å². The van der Waals surface area contributed by atoms with Crippen molar-refractivity contribution in [3.8, 4) is 0 Å². The molecule has 0 radical (unpaired) electrons. The number of nitrogens with one attached hydrogen (secondary N) is 1. The number of hydrogen-bond donors (Lipinski definition) is 1. The van der Waals surface area contributed by atoms with Crippen molar-refractivity contribution >= 4 is 0 Å². The largest absolute Gasteiger partial charge is 0.384 e. The van der Waals surface area contributed by atoms with E-state index in [0.717, 1.165) is 19.1 Å². The Morgan fingerprint density at radius 1 is 1.32 bits per heavy atom. The Hall–Kier alpha value is -0.120. The van der Waals surface area contributed by atoms with E-state index in [4.69, 9.17) is 4.74 Å². The monoisotopic (exact) mass is 268 g/mol. The Morgan fingerprint density at radius 2 is 2.00 bits per heavy atom. The molecular weight excluding hydrogens is 236 g/mol. The highest BCUT2D eigenvalue weighted by Crippen LogP contribution is 2.41. The topological polar surface area (TPSA) is 24.5 Å². The molecule has 3 atom stereocenters. The molecule has 0 aromatic heterocycles. The van der Waals surface area contributed by atoms with Crippen molar-refractivity contribution in [1.29, 1.82) is 0 Å². The molecule has 19 heavy (non-hydrogen) atoms. The van der Waals surface area contributed by atoms with E-state index in [9.17, 15) is 0 Å². The van der Waals surface area contributed by atoms with Crippen LogP contribution in [0.5, 0.6) is 0 Å². The molecule has 0 amide bonds. The molecule has 1 N–H and O–H groups in total. The number of piperazine rings is 1. The summed E-state index contributed by atoms with van der Waals surface area (Å²) >= 11 is 0. The lowest BCUT2D eigenvalue weighted by atomic mass is 9.87. The van der Waals surface area contributed by atoms with Gasteiger partial charge in [0.2, 0.25) is 0 Å². The summed E-state index contributed by atoms with van der Waals surface area (Å²) in [5.41, 5.74) is 0.345. The van der Waals surface area contributed by atoms with Crippen LogP contribution in [0.2, 0.25) is 0 Å². The molecule has 1 saturated carbocycles. The fourth-order valence-electron chi connectivity index (χ4n) is 3.65. The Kier molecular flexibility index (Phi) is 4.91. The SMILES string of the molecule is COCC(C)CN1CC(C)(C2CC2)NCC1C(C)C. The molecular formula is C16H32N2O. The van der Waals surface area contributed by atoms with Crippen molar-refractivity contribution in [2.45, 2.75) is 52.1 Å². The van der Waals surface area contributed by atoms with E-state index in [1.54, 1.807) is 0 Å². The van der Waals surface area contributed by atoms with Crippen LogP contribution < -0.4 is 5.32 Å². The standard InChI is InChI=1S/C16H32N2O/c1-12(2)15-8-17-16(4,14-6-7-14)11-18(15)9-13(3)10-19-5/h12-15,17H,6-11H2,1-5H3. The molecule has 1 aliphatic heterocycles. The first kappa shape index (κ1) is 15.3. The van der Waals surface area contributed by atoms with Crippen molar-refractivity contribution in [1.82, 2.24) is 10.2 Å². The number of ether oxygens (including phenoxy) is 1. The molecule has 0 aromatic rings. The maximum Gasteiger partial charge on any atom is 0.0500 e. The first-order valence-electron chi connectivity index (χ1n) is 7.94. The van der Waals surface area contributed by atoms with Crippen molar-refractivity contribution in [2.75, 3.05) is 33.4 Å². The number of nitrogens with zero attached hydrogens (tertiary/aromatic N) is 1. The van der Waals surface area contributed by atoms with E-state index >= 15 is 0 Å². The highest BCUT2D eigenvalue weighted by atomic mass is 16.5. The first-order chi connectivity index (χ1) is 8.96. The van der Waals surface area contributed by atoms with E-state index in [1.165, 1.54) is 25.9 Å². The van der Waals surface area contributed by atoms with E-state index < -0.39 is 0 Å². The molecule has 2 rings (SSSR count). The van der Waals surface area contributed by atoms with Crippen LogP contribution in [0, 0.1) is 17.8 Å². The third-order valence-corrected chi connectivity index (χ3v) is 4.96. The molecule has 0 aromatic carbocycles. The van der Waals surface area contributed by atoms with Crippen LogP contribution in [0.15, 0.2) is 0 Å². The Morgan fingerprint density at radius 3 is 2.53 bits per heavy atom. The molecule has 1 saturated heterocycles. The maximum absolute atomic E-state index is 5.31. The lowest BCUT2D eigenvalue weighted by molar-refractivity contribution is 0.0297. The Balaban J connectivity index is 1.99. The van der Waals surface area contributed by atoms with Gasteiger partial charge in [-0.15, -0.1) is 0 Å².